The Hall–Kier alpha value is -4.44. The summed E-state index contributed by atoms with van der Waals surface area (Å²) < 4.78 is 12.4. The van der Waals surface area contributed by atoms with Gasteiger partial charge in [-0.3, -0.25) is 19.2 Å². The van der Waals surface area contributed by atoms with Gasteiger partial charge < -0.3 is 29.6 Å². The van der Waals surface area contributed by atoms with Gasteiger partial charge in [-0.25, -0.2) is 0 Å². The van der Waals surface area contributed by atoms with Gasteiger partial charge in [0.25, 0.3) is 11.5 Å². The van der Waals surface area contributed by atoms with Crippen LogP contribution in [-0.2, 0) is 27.4 Å². The Morgan fingerprint density at radius 3 is 2.42 bits per heavy atom. The van der Waals surface area contributed by atoms with Gasteiger partial charge in [-0.15, -0.1) is 0 Å². The van der Waals surface area contributed by atoms with E-state index in [0.29, 0.717) is 31.0 Å². The smallest absolute Gasteiger partial charge is 0.261 e. The molecule has 10 heteroatoms. The van der Waals surface area contributed by atoms with Crippen molar-refractivity contribution in [2.24, 2.45) is 0 Å². The van der Waals surface area contributed by atoms with Crippen molar-refractivity contribution in [2.45, 2.75) is 58.3 Å². The molecule has 2 N–H and O–H groups in total. The van der Waals surface area contributed by atoms with Gasteiger partial charge in [-0.2, -0.15) is 0 Å². The number of aromatic nitrogens is 1. The Bertz CT molecular complexity index is 1550. The molecule has 0 radical (unpaired) electrons. The highest BCUT2D eigenvalue weighted by Crippen LogP contribution is 2.25. The molecule has 43 heavy (non-hydrogen) atoms. The van der Waals surface area contributed by atoms with Crippen LogP contribution in [0.4, 0.5) is 0 Å². The molecule has 2 aromatic carbocycles. The molecule has 3 amide bonds. The number of hydrogen-bond donors (Lipinski definition) is 2. The molecule has 2 aliphatic rings. The number of rotatable bonds is 3. The van der Waals surface area contributed by atoms with Gasteiger partial charge in [0.15, 0.2) is 0 Å². The van der Waals surface area contributed by atoms with Crippen LogP contribution in [0.2, 0.25) is 0 Å². The first kappa shape index (κ1) is 30.0. The lowest BCUT2D eigenvalue weighted by Crippen LogP contribution is -2.58. The van der Waals surface area contributed by atoms with E-state index < -0.39 is 23.6 Å². The van der Waals surface area contributed by atoms with Crippen molar-refractivity contribution in [3.8, 4) is 11.5 Å². The van der Waals surface area contributed by atoms with Crippen LogP contribution in [0.15, 0.2) is 65.5 Å². The third kappa shape index (κ3) is 7.32. The number of amides is 3. The zero-order chi connectivity index (χ0) is 30.5. The summed E-state index contributed by atoms with van der Waals surface area (Å²) in [4.78, 5) is 58.5. The minimum Gasteiger partial charge on any atom is -0.457 e. The average Bonchev–Trinajstić information content (AvgIpc) is 2.98. The third-order valence-electron chi connectivity index (χ3n) is 7.89. The van der Waals surface area contributed by atoms with Crippen molar-refractivity contribution in [3.05, 3.63) is 93.4 Å². The number of likely N-dealkylation sites (N-methyl/N-ethyl adjacent to an activating group) is 1. The van der Waals surface area contributed by atoms with Crippen LogP contribution in [0.3, 0.4) is 0 Å². The predicted molar refractivity (Wildman–Crippen MR) is 161 cm³/mol. The molecule has 0 spiro atoms. The van der Waals surface area contributed by atoms with E-state index in [1.54, 1.807) is 17.0 Å². The van der Waals surface area contributed by atoms with Crippen LogP contribution in [0.5, 0.6) is 11.5 Å². The van der Waals surface area contributed by atoms with E-state index in [1.165, 1.54) is 4.90 Å². The number of hydrogen-bond acceptors (Lipinski definition) is 6. The Morgan fingerprint density at radius 1 is 1.00 bits per heavy atom. The fourth-order valence-electron chi connectivity index (χ4n) is 5.46. The van der Waals surface area contributed by atoms with E-state index in [0.717, 1.165) is 16.8 Å². The first-order valence-electron chi connectivity index (χ1n) is 14.8. The molecular weight excluding hydrogens is 548 g/mol. The molecule has 1 saturated heterocycles. The monoisotopic (exact) mass is 586 g/mol. The second-order valence-electron chi connectivity index (χ2n) is 11.4. The van der Waals surface area contributed by atoms with Gasteiger partial charge in [-0.1, -0.05) is 38.1 Å². The number of likely N-dealkylation sites (tertiary alicyclic amines) is 1. The summed E-state index contributed by atoms with van der Waals surface area (Å²) in [5, 5.41) is 3.02. The standard InChI is InChI=1S/C33H38N4O6/c1-4-36-19-30(38)34-28-18-37(33(41)26-11-12-27(21(2)3)35-32(26)40)14-13-29(28)42-20-23-8-6-10-25(16-23)43-24-9-5-7-22(15-24)17-31(36)39/h5-12,15-16,21,28-29H,4,13-14,17-20H2,1-3H3,(H,34,38)(H,35,40)/t28-,29-/m0/s1. The number of nitrogens with one attached hydrogen (secondary N) is 2. The molecule has 2 aliphatic heterocycles. The Balaban J connectivity index is 1.39. The van der Waals surface area contributed by atoms with Crippen LogP contribution in [0.1, 0.15) is 60.3 Å². The number of piperidine rings is 1. The second-order valence-corrected chi connectivity index (χ2v) is 11.4. The number of benzene rings is 2. The maximum atomic E-state index is 13.4. The van der Waals surface area contributed by atoms with Crippen LogP contribution in [0.25, 0.3) is 0 Å². The molecule has 5 rings (SSSR count). The molecule has 4 bridgehead atoms. The maximum absolute atomic E-state index is 13.4. The molecular formula is C33H38N4O6. The Labute approximate surface area is 251 Å². The van der Waals surface area contributed by atoms with Crippen molar-refractivity contribution < 1.29 is 23.9 Å². The highest BCUT2D eigenvalue weighted by Gasteiger charge is 2.35. The van der Waals surface area contributed by atoms with Crippen LogP contribution >= 0.6 is 0 Å². The summed E-state index contributed by atoms with van der Waals surface area (Å²) in [5.74, 6) is 0.453. The van der Waals surface area contributed by atoms with Gasteiger partial charge >= 0.3 is 0 Å². The SMILES string of the molecule is CCN1CC(=O)N[C@H]2CN(C(=O)c3ccc(C(C)C)[nH]c3=O)CC[C@@H]2OCc2cccc(c2)Oc2cccc(c2)CC1=O. The van der Waals surface area contributed by atoms with Gasteiger partial charge in [0.05, 0.1) is 31.7 Å². The van der Waals surface area contributed by atoms with Gasteiger partial charge in [0.2, 0.25) is 11.8 Å². The van der Waals surface area contributed by atoms with Crippen molar-refractivity contribution in [2.75, 3.05) is 26.2 Å². The van der Waals surface area contributed by atoms with Gasteiger partial charge in [-0.05, 0) is 66.8 Å². The summed E-state index contributed by atoms with van der Waals surface area (Å²) in [6.07, 6.45) is 0.188. The lowest BCUT2D eigenvalue weighted by Gasteiger charge is -2.39. The molecule has 10 nitrogen and oxygen atoms in total. The van der Waals surface area contributed by atoms with Crippen LogP contribution in [-0.4, -0.2) is 70.8 Å². The highest BCUT2D eigenvalue weighted by atomic mass is 16.5. The largest absolute Gasteiger partial charge is 0.457 e. The predicted octanol–water partition coefficient (Wildman–Crippen LogP) is 3.61. The van der Waals surface area contributed by atoms with Crippen molar-refractivity contribution in [3.63, 3.8) is 0 Å². The fourth-order valence-corrected chi connectivity index (χ4v) is 5.46. The number of nitrogens with zero attached hydrogens (tertiary/aromatic N) is 2. The molecule has 2 atom stereocenters. The lowest BCUT2D eigenvalue weighted by atomic mass is 10.0. The summed E-state index contributed by atoms with van der Waals surface area (Å²) in [5.41, 5.74) is 2.06. The summed E-state index contributed by atoms with van der Waals surface area (Å²) >= 11 is 0. The minimum atomic E-state index is -0.543. The first-order chi connectivity index (χ1) is 20.7. The average molecular weight is 587 g/mol. The number of ether oxygens (including phenoxy) is 2. The number of pyridine rings is 1. The minimum absolute atomic E-state index is 0.0580. The molecule has 0 aliphatic carbocycles. The highest BCUT2D eigenvalue weighted by molar-refractivity contribution is 5.94. The summed E-state index contributed by atoms with van der Waals surface area (Å²) in [6.45, 7) is 6.79. The molecule has 0 saturated carbocycles. The normalized spacial score (nSPS) is 19.7. The lowest BCUT2D eigenvalue weighted by molar-refractivity contribution is -0.136. The van der Waals surface area contributed by atoms with Gasteiger partial charge in [0, 0.05) is 25.3 Å². The molecule has 226 valence electrons. The first-order valence-corrected chi connectivity index (χ1v) is 14.8. The number of H-pyrrole nitrogens is 1. The third-order valence-corrected chi connectivity index (χ3v) is 7.89. The Morgan fingerprint density at radius 2 is 1.72 bits per heavy atom. The number of fused-ring (bicyclic) bond motifs is 5. The van der Waals surface area contributed by atoms with E-state index in [4.69, 9.17) is 9.47 Å². The quantitative estimate of drug-likeness (QED) is 0.484. The molecule has 3 aromatic rings. The van der Waals surface area contributed by atoms with E-state index in [-0.39, 0.29) is 49.4 Å². The van der Waals surface area contributed by atoms with E-state index in [9.17, 15) is 19.2 Å². The van der Waals surface area contributed by atoms with Gasteiger partial charge in [0.1, 0.15) is 17.1 Å². The van der Waals surface area contributed by atoms with Crippen molar-refractivity contribution >= 4 is 17.7 Å². The molecule has 3 heterocycles. The zero-order valence-corrected chi connectivity index (χ0v) is 24.8. The number of carbonyl (C=O) groups is 3. The summed E-state index contributed by atoms with van der Waals surface area (Å²) in [7, 11) is 0. The maximum Gasteiger partial charge on any atom is 0.261 e. The molecule has 0 unspecified atom stereocenters. The molecule has 1 aromatic heterocycles. The number of carbonyl (C=O) groups excluding carboxylic acids is 3. The van der Waals surface area contributed by atoms with Crippen molar-refractivity contribution in [1.82, 2.24) is 20.1 Å². The van der Waals surface area contributed by atoms with Crippen molar-refractivity contribution in [1.29, 1.82) is 0 Å². The topological polar surface area (TPSA) is 121 Å². The van der Waals surface area contributed by atoms with E-state index in [2.05, 4.69) is 10.3 Å². The fraction of sp³-hybridized carbons (Fsp3) is 0.394. The van der Waals surface area contributed by atoms with E-state index in [1.807, 2.05) is 69.3 Å². The molecule has 1 fully saturated rings. The number of aromatic amines is 1. The van der Waals surface area contributed by atoms with E-state index >= 15 is 0 Å². The van der Waals surface area contributed by atoms with Crippen LogP contribution in [0, 0.1) is 0 Å². The summed E-state index contributed by atoms with van der Waals surface area (Å²) in [6, 6.07) is 17.7. The second kappa shape index (κ2) is 13.2. The Kier molecular flexibility index (Phi) is 9.25. The van der Waals surface area contributed by atoms with Crippen LogP contribution < -0.4 is 15.6 Å². The zero-order valence-electron chi connectivity index (χ0n) is 24.8.